The minimum Gasteiger partial charge on any atom is -0.495 e. The summed E-state index contributed by atoms with van der Waals surface area (Å²) in [6.07, 6.45) is 1.51. The number of carbonyl (C=O) groups excluding carboxylic acids is 1. The highest BCUT2D eigenvalue weighted by Crippen LogP contribution is 2.27. The second-order valence-electron chi connectivity index (χ2n) is 5.84. The molecule has 0 aliphatic heterocycles. The third-order valence-corrected chi connectivity index (χ3v) is 4.22. The van der Waals surface area contributed by atoms with Crippen LogP contribution >= 0.6 is 11.6 Å². The van der Waals surface area contributed by atoms with Crippen molar-refractivity contribution in [1.29, 1.82) is 0 Å². The maximum Gasteiger partial charge on any atom is 0.259 e. The Morgan fingerprint density at radius 2 is 1.96 bits per heavy atom. The first-order chi connectivity index (χ1) is 13.1. The Kier molecular flexibility index (Phi) is 5.88. The van der Waals surface area contributed by atoms with Crippen LogP contribution < -0.4 is 15.4 Å². The van der Waals surface area contributed by atoms with E-state index in [1.807, 2.05) is 30.3 Å². The zero-order chi connectivity index (χ0) is 19.2. The highest BCUT2D eigenvalue weighted by atomic mass is 35.5. The predicted octanol–water partition coefficient (Wildman–Crippen LogP) is 4.31. The molecule has 0 saturated heterocycles. The van der Waals surface area contributed by atoms with Crippen LogP contribution in [0, 0.1) is 6.92 Å². The van der Waals surface area contributed by atoms with Crippen LogP contribution in [0.25, 0.3) is 0 Å². The van der Waals surface area contributed by atoms with Gasteiger partial charge in [-0.25, -0.2) is 9.97 Å². The smallest absolute Gasteiger partial charge is 0.259 e. The average molecular weight is 383 g/mol. The van der Waals surface area contributed by atoms with Crippen LogP contribution in [-0.2, 0) is 6.54 Å². The Morgan fingerprint density at radius 1 is 1.19 bits per heavy atom. The van der Waals surface area contributed by atoms with E-state index in [1.54, 1.807) is 25.1 Å². The molecule has 1 heterocycles. The lowest BCUT2D eigenvalue weighted by Gasteiger charge is -2.10. The van der Waals surface area contributed by atoms with Gasteiger partial charge >= 0.3 is 0 Å². The van der Waals surface area contributed by atoms with Crippen molar-refractivity contribution >= 4 is 29.1 Å². The van der Waals surface area contributed by atoms with Gasteiger partial charge in [-0.3, -0.25) is 4.79 Å². The molecular formula is C20H19ClN4O2. The molecule has 3 rings (SSSR count). The Bertz CT molecular complexity index is 948. The lowest BCUT2D eigenvalue weighted by Crippen LogP contribution is -2.15. The molecule has 138 valence electrons. The van der Waals surface area contributed by atoms with Gasteiger partial charge in [0.2, 0.25) is 5.95 Å². The van der Waals surface area contributed by atoms with Crippen molar-refractivity contribution < 1.29 is 9.53 Å². The van der Waals surface area contributed by atoms with Crippen molar-refractivity contribution in [2.24, 2.45) is 0 Å². The number of methoxy groups -OCH3 is 1. The summed E-state index contributed by atoms with van der Waals surface area (Å²) < 4.78 is 5.11. The number of carbonyl (C=O) groups is 1. The molecule has 7 heteroatoms. The minimum atomic E-state index is -0.302. The van der Waals surface area contributed by atoms with E-state index in [2.05, 4.69) is 20.6 Å². The summed E-state index contributed by atoms with van der Waals surface area (Å²) in [4.78, 5) is 21.1. The fourth-order valence-corrected chi connectivity index (χ4v) is 2.75. The Labute approximate surface area is 162 Å². The minimum absolute atomic E-state index is 0.302. The van der Waals surface area contributed by atoms with Crippen LogP contribution in [0.2, 0.25) is 5.02 Å². The first kappa shape index (κ1) is 18.7. The van der Waals surface area contributed by atoms with Gasteiger partial charge in [0, 0.05) is 18.4 Å². The molecule has 2 N–H and O–H groups in total. The standard InChI is InChI=1S/C20H19ClN4O2/c1-13-16(19(26)25-15-8-9-18(27-2)17(21)10-15)12-23-20(24-13)22-11-14-6-4-3-5-7-14/h3-10,12H,11H2,1-2H3,(H,25,26)(H,22,23,24). The average Bonchev–Trinajstić information content (AvgIpc) is 2.67. The van der Waals surface area contributed by atoms with Gasteiger partial charge in [0.05, 0.1) is 23.4 Å². The number of amides is 1. The SMILES string of the molecule is COc1ccc(NC(=O)c2cnc(NCc3ccccc3)nc2C)cc1Cl. The highest BCUT2D eigenvalue weighted by molar-refractivity contribution is 6.32. The molecule has 0 aliphatic rings. The zero-order valence-electron chi connectivity index (χ0n) is 15.0. The number of aryl methyl sites for hydroxylation is 1. The molecule has 0 unspecified atom stereocenters. The van der Waals surface area contributed by atoms with Gasteiger partial charge in [-0.05, 0) is 30.7 Å². The molecule has 0 aliphatic carbocycles. The number of aromatic nitrogens is 2. The second-order valence-corrected chi connectivity index (χ2v) is 6.24. The number of ether oxygens (including phenoxy) is 1. The number of nitrogens with zero attached hydrogens (tertiary/aromatic N) is 2. The summed E-state index contributed by atoms with van der Waals surface area (Å²) in [7, 11) is 1.54. The Hall–Kier alpha value is -3.12. The Balaban J connectivity index is 1.67. The summed E-state index contributed by atoms with van der Waals surface area (Å²) in [6, 6.07) is 15.0. The molecule has 6 nitrogen and oxygen atoms in total. The summed E-state index contributed by atoms with van der Waals surface area (Å²) in [5, 5.41) is 6.36. The summed E-state index contributed by atoms with van der Waals surface area (Å²) >= 11 is 6.09. The topological polar surface area (TPSA) is 76.1 Å². The van der Waals surface area contributed by atoms with Crippen LogP contribution in [-0.4, -0.2) is 23.0 Å². The lowest BCUT2D eigenvalue weighted by atomic mass is 10.2. The van der Waals surface area contributed by atoms with Crippen LogP contribution in [0.1, 0.15) is 21.6 Å². The van der Waals surface area contributed by atoms with Crippen molar-refractivity contribution in [2.45, 2.75) is 13.5 Å². The van der Waals surface area contributed by atoms with Crippen LogP contribution in [0.3, 0.4) is 0 Å². The lowest BCUT2D eigenvalue weighted by molar-refractivity contribution is 0.102. The molecule has 0 spiro atoms. The largest absolute Gasteiger partial charge is 0.495 e. The van der Waals surface area contributed by atoms with E-state index in [1.165, 1.54) is 13.3 Å². The van der Waals surface area contributed by atoms with E-state index >= 15 is 0 Å². The molecule has 0 radical (unpaired) electrons. The van der Waals surface area contributed by atoms with Crippen LogP contribution in [0.15, 0.2) is 54.7 Å². The number of anilines is 2. The first-order valence-electron chi connectivity index (χ1n) is 8.33. The van der Waals surface area contributed by atoms with Gasteiger partial charge in [-0.2, -0.15) is 0 Å². The third kappa shape index (κ3) is 4.74. The second kappa shape index (κ2) is 8.51. The van der Waals surface area contributed by atoms with Gasteiger partial charge in [-0.1, -0.05) is 41.9 Å². The fraction of sp³-hybridized carbons (Fsp3) is 0.150. The van der Waals surface area contributed by atoms with Crippen molar-refractivity contribution in [3.63, 3.8) is 0 Å². The highest BCUT2D eigenvalue weighted by Gasteiger charge is 2.13. The normalized spacial score (nSPS) is 10.3. The van der Waals surface area contributed by atoms with Gasteiger partial charge in [0.15, 0.2) is 0 Å². The van der Waals surface area contributed by atoms with Gasteiger partial charge in [0.25, 0.3) is 5.91 Å². The van der Waals surface area contributed by atoms with Gasteiger partial charge in [-0.15, -0.1) is 0 Å². The van der Waals surface area contributed by atoms with Crippen molar-refractivity contribution in [2.75, 3.05) is 17.7 Å². The van der Waals surface area contributed by atoms with Crippen LogP contribution in [0.4, 0.5) is 11.6 Å². The van der Waals surface area contributed by atoms with Gasteiger partial charge in [0.1, 0.15) is 5.75 Å². The summed E-state index contributed by atoms with van der Waals surface area (Å²) in [5.74, 6) is 0.715. The number of hydrogen-bond acceptors (Lipinski definition) is 5. The number of hydrogen-bond donors (Lipinski definition) is 2. The quantitative estimate of drug-likeness (QED) is 0.664. The monoisotopic (exact) mass is 382 g/mol. The maximum atomic E-state index is 12.5. The first-order valence-corrected chi connectivity index (χ1v) is 8.71. The van der Waals surface area contributed by atoms with E-state index in [0.29, 0.717) is 40.2 Å². The molecule has 0 bridgehead atoms. The van der Waals surface area contributed by atoms with E-state index in [-0.39, 0.29) is 5.91 Å². The number of nitrogens with one attached hydrogen (secondary N) is 2. The van der Waals surface area contributed by atoms with Gasteiger partial charge < -0.3 is 15.4 Å². The predicted molar refractivity (Wildman–Crippen MR) is 106 cm³/mol. The number of benzene rings is 2. The Morgan fingerprint density at radius 3 is 2.63 bits per heavy atom. The molecular weight excluding hydrogens is 364 g/mol. The molecule has 0 atom stereocenters. The van der Waals surface area contributed by atoms with E-state index in [4.69, 9.17) is 16.3 Å². The molecule has 1 amide bonds. The molecule has 1 aromatic heterocycles. The molecule has 0 fully saturated rings. The maximum absolute atomic E-state index is 12.5. The van der Waals surface area contributed by atoms with E-state index in [9.17, 15) is 4.79 Å². The third-order valence-electron chi connectivity index (χ3n) is 3.93. The fourth-order valence-electron chi connectivity index (χ4n) is 2.49. The van der Waals surface area contributed by atoms with E-state index < -0.39 is 0 Å². The summed E-state index contributed by atoms with van der Waals surface area (Å²) in [6.45, 7) is 2.38. The van der Waals surface area contributed by atoms with Crippen molar-refractivity contribution in [3.8, 4) is 5.75 Å². The molecule has 27 heavy (non-hydrogen) atoms. The van der Waals surface area contributed by atoms with Crippen molar-refractivity contribution in [3.05, 3.63) is 76.6 Å². The van der Waals surface area contributed by atoms with Crippen LogP contribution in [0.5, 0.6) is 5.75 Å². The van der Waals surface area contributed by atoms with Crippen molar-refractivity contribution in [1.82, 2.24) is 9.97 Å². The summed E-state index contributed by atoms with van der Waals surface area (Å²) in [5.41, 5.74) is 2.67. The molecule has 2 aromatic carbocycles. The van der Waals surface area contributed by atoms with E-state index in [0.717, 1.165) is 5.56 Å². The number of halogens is 1. The zero-order valence-corrected chi connectivity index (χ0v) is 15.7. The molecule has 3 aromatic rings. The molecule has 0 saturated carbocycles. The number of rotatable bonds is 6.